The summed E-state index contributed by atoms with van der Waals surface area (Å²) < 4.78 is 12.7. The second kappa shape index (κ2) is 9.42. The van der Waals surface area contributed by atoms with Gasteiger partial charge in [0, 0.05) is 30.2 Å². The number of carbonyl (C=O) groups is 1. The summed E-state index contributed by atoms with van der Waals surface area (Å²) in [5.41, 5.74) is 1.66. The molecule has 8 nitrogen and oxygen atoms in total. The van der Waals surface area contributed by atoms with Gasteiger partial charge in [0.25, 0.3) is 5.69 Å². The van der Waals surface area contributed by atoms with Crippen LogP contribution in [0.25, 0.3) is 0 Å². The molecule has 0 spiro atoms. The summed E-state index contributed by atoms with van der Waals surface area (Å²) in [6.45, 7) is 6.33. The molecule has 162 valence electrons. The zero-order valence-electron chi connectivity index (χ0n) is 17.7. The van der Waals surface area contributed by atoms with Gasteiger partial charge in [0.15, 0.2) is 0 Å². The third kappa shape index (κ3) is 6.40. The molecule has 0 saturated carbocycles. The predicted molar refractivity (Wildman–Crippen MR) is 115 cm³/mol. The van der Waals surface area contributed by atoms with E-state index in [-0.39, 0.29) is 16.9 Å². The van der Waals surface area contributed by atoms with Gasteiger partial charge in [0.2, 0.25) is 0 Å². The highest BCUT2D eigenvalue weighted by molar-refractivity contribution is 5.64. The topological polar surface area (TPSA) is 96.5 Å². The highest BCUT2D eigenvalue weighted by Gasteiger charge is 2.30. The second-order valence-corrected chi connectivity index (χ2v) is 8.30. The van der Waals surface area contributed by atoms with E-state index >= 15 is 0 Å². The van der Waals surface area contributed by atoms with Crippen LogP contribution < -0.4 is 4.74 Å². The summed E-state index contributed by atoms with van der Waals surface area (Å²) in [5.74, 6) is 0.177. The Balaban J connectivity index is 1.63. The quantitative estimate of drug-likeness (QED) is 0.229. The summed E-state index contributed by atoms with van der Waals surface area (Å²) in [5, 5.41) is 10.7. The lowest BCUT2D eigenvalue weighted by Crippen LogP contribution is -2.36. The third-order valence-corrected chi connectivity index (χ3v) is 4.74. The Labute approximate surface area is 180 Å². The van der Waals surface area contributed by atoms with Gasteiger partial charge in [0.1, 0.15) is 11.9 Å². The van der Waals surface area contributed by atoms with E-state index in [9.17, 15) is 14.9 Å². The van der Waals surface area contributed by atoms with Crippen molar-refractivity contribution in [2.75, 3.05) is 0 Å². The van der Waals surface area contributed by atoms with Crippen molar-refractivity contribution in [2.45, 2.75) is 39.8 Å². The van der Waals surface area contributed by atoms with Crippen LogP contribution in [-0.2, 0) is 17.7 Å². The minimum absolute atomic E-state index is 0.0836. The number of nitrogens with zero attached hydrogens (tertiary/aromatic N) is 3. The molecule has 1 atom stereocenters. The number of nitro groups is 1. The SMILES string of the molecule is CC(C)(C)[C@@H](Cn1cnc(Cc2ccccc2)c1)OC(=O)Oc1ccc([N+](=O)[O-])cc1. The van der Waals surface area contributed by atoms with Crippen molar-refractivity contribution in [2.24, 2.45) is 5.41 Å². The summed E-state index contributed by atoms with van der Waals surface area (Å²) in [7, 11) is 0. The Morgan fingerprint density at radius 2 is 1.81 bits per heavy atom. The Morgan fingerprint density at radius 3 is 2.42 bits per heavy atom. The second-order valence-electron chi connectivity index (χ2n) is 8.30. The van der Waals surface area contributed by atoms with Gasteiger partial charge in [-0.25, -0.2) is 9.78 Å². The van der Waals surface area contributed by atoms with Gasteiger partial charge < -0.3 is 14.0 Å². The summed E-state index contributed by atoms with van der Waals surface area (Å²) in [4.78, 5) is 27.0. The van der Waals surface area contributed by atoms with E-state index in [0.717, 1.165) is 12.1 Å². The summed E-state index contributed by atoms with van der Waals surface area (Å²) >= 11 is 0. The van der Waals surface area contributed by atoms with Crippen LogP contribution in [0.2, 0.25) is 0 Å². The first-order valence-corrected chi connectivity index (χ1v) is 9.88. The fraction of sp³-hybridized carbons (Fsp3) is 0.304. The van der Waals surface area contributed by atoms with Crippen molar-refractivity contribution in [3.8, 4) is 5.75 Å². The lowest BCUT2D eigenvalue weighted by molar-refractivity contribution is -0.384. The van der Waals surface area contributed by atoms with Crippen molar-refractivity contribution in [1.29, 1.82) is 0 Å². The van der Waals surface area contributed by atoms with Crippen LogP contribution >= 0.6 is 0 Å². The summed E-state index contributed by atoms with van der Waals surface area (Å²) in [6.07, 6.45) is 3.05. The van der Waals surface area contributed by atoms with Gasteiger partial charge in [-0.2, -0.15) is 0 Å². The molecule has 0 saturated heterocycles. The van der Waals surface area contributed by atoms with E-state index in [1.807, 2.05) is 61.9 Å². The monoisotopic (exact) mass is 423 g/mol. The molecule has 0 fully saturated rings. The predicted octanol–water partition coefficient (Wildman–Crippen LogP) is 5.01. The number of non-ortho nitro benzene ring substituents is 1. The molecule has 2 aromatic carbocycles. The van der Waals surface area contributed by atoms with Crippen LogP contribution in [0.4, 0.5) is 10.5 Å². The van der Waals surface area contributed by atoms with E-state index in [2.05, 4.69) is 4.98 Å². The average molecular weight is 423 g/mol. The zero-order valence-corrected chi connectivity index (χ0v) is 17.7. The number of aromatic nitrogens is 2. The van der Waals surface area contributed by atoms with Crippen LogP contribution in [0.15, 0.2) is 67.1 Å². The average Bonchev–Trinajstić information content (AvgIpc) is 3.15. The molecule has 1 aromatic heterocycles. The zero-order chi connectivity index (χ0) is 22.4. The van der Waals surface area contributed by atoms with Crippen molar-refractivity contribution >= 4 is 11.8 Å². The number of benzene rings is 2. The fourth-order valence-electron chi connectivity index (χ4n) is 2.95. The maximum atomic E-state index is 12.3. The number of rotatable bonds is 7. The van der Waals surface area contributed by atoms with Crippen LogP contribution in [-0.4, -0.2) is 26.7 Å². The lowest BCUT2D eigenvalue weighted by atomic mass is 9.89. The molecule has 0 N–H and O–H groups in total. The first-order valence-electron chi connectivity index (χ1n) is 9.88. The van der Waals surface area contributed by atoms with Gasteiger partial charge in [-0.05, 0) is 17.7 Å². The van der Waals surface area contributed by atoms with Crippen molar-refractivity contribution in [3.05, 3.63) is 88.5 Å². The van der Waals surface area contributed by atoms with Gasteiger partial charge >= 0.3 is 6.16 Å². The standard InChI is InChI=1S/C23H25N3O5/c1-23(2,3)21(31-22(27)30-20-11-9-19(10-12-20)26(28)29)15-25-14-18(24-16-25)13-17-7-5-4-6-8-17/h4-12,14,16,21H,13,15H2,1-3H3/t21-/m1/s1. The van der Waals surface area contributed by atoms with E-state index in [4.69, 9.17) is 9.47 Å². The minimum Gasteiger partial charge on any atom is -0.428 e. The van der Waals surface area contributed by atoms with Gasteiger partial charge in [-0.15, -0.1) is 0 Å². The first-order chi connectivity index (χ1) is 14.7. The van der Waals surface area contributed by atoms with E-state index in [1.54, 1.807) is 6.33 Å². The first kappa shape index (κ1) is 22.0. The molecular weight excluding hydrogens is 398 g/mol. The number of imidazole rings is 1. The molecule has 8 heteroatoms. The molecule has 0 aliphatic heterocycles. The highest BCUT2D eigenvalue weighted by Crippen LogP contribution is 2.25. The molecule has 1 heterocycles. The maximum absolute atomic E-state index is 12.3. The molecule has 3 rings (SSSR count). The Bertz CT molecular complexity index is 1020. The van der Waals surface area contributed by atoms with Crippen molar-refractivity contribution in [3.63, 3.8) is 0 Å². The van der Waals surface area contributed by atoms with Crippen LogP contribution in [0.5, 0.6) is 5.75 Å². The number of nitro benzene ring substituents is 1. The molecule has 0 bridgehead atoms. The lowest BCUT2D eigenvalue weighted by Gasteiger charge is -2.30. The molecule has 0 unspecified atom stereocenters. The number of carbonyl (C=O) groups excluding carboxylic acids is 1. The number of hydrogen-bond donors (Lipinski definition) is 0. The van der Waals surface area contributed by atoms with Gasteiger partial charge in [-0.3, -0.25) is 10.1 Å². The van der Waals surface area contributed by atoms with E-state index < -0.39 is 17.2 Å². The maximum Gasteiger partial charge on any atom is 0.514 e. The molecule has 0 aliphatic rings. The van der Waals surface area contributed by atoms with Gasteiger partial charge in [0.05, 0.1) is 23.5 Å². The Hall–Kier alpha value is -3.68. The largest absolute Gasteiger partial charge is 0.514 e. The number of ether oxygens (including phenoxy) is 2. The van der Waals surface area contributed by atoms with Crippen LogP contribution in [0.1, 0.15) is 32.0 Å². The molecule has 0 aliphatic carbocycles. The van der Waals surface area contributed by atoms with E-state index in [0.29, 0.717) is 6.54 Å². The van der Waals surface area contributed by atoms with Crippen molar-refractivity contribution in [1.82, 2.24) is 9.55 Å². The van der Waals surface area contributed by atoms with Crippen LogP contribution in [0.3, 0.4) is 0 Å². The molecule has 0 amide bonds. The number of hydrogen-bond acceptors (Lipinski definition) is 6. The molecule has 0 radical (unpaired) electrons. The van der Waals surface area contributed by atoms with Crippen molar-refractivity contribution < 1.29 is 19.2 Å². The molecular formula is C23H25N3O5. The minimum atomic E-state index is -0.863. The molecule has 3 aromatic rings. The normalized spacial score (nSPS) is 12.2. The Morgan fingerprint density at radius 1 is 1.13 bits per heavy atom. The van der Waals surface area contributed by atoms with Gasteiger partial charge in [-0.1, -0.05) is 51.1 Å². The third-order valence-electron chi connectivity index (χ3n) is 4.74. The van der Waals surface area contributed by atoms with E-state index in [1.165, 1.54) is 29.8 Å². The fourth-order valence-corrected chi connectivity index (χ4v) is 2.95. The summed E-state index contributed by atoms with van der Waals surface area (Å²) in [6, 6.07) is 15.3. The highest BCUT2D eigenvalue weighted by atomic mass is 16.7. The van der Waals surface area contributed by atoms with Crippen LogP contribution in [0, 0.1) is 15.5 Å². The molecule has 31 heavy (non-hydrogen) atoms. The Kier molecular flexibility index (Phi) is 6.69. The smallest absolute Gasteiger partial charge is 0.428 e.